The van der Waals surface area contributed by atoms with Crippen molar-refractivity contribution in [3.63, 3.8) is 0 Å². The number of methoxy groups -OCH3 is 1. The van der Waals surface area contributed by atoms with Crippen molar-refractivity contribution >= 4 is 11.8 Å². The second-order valence-electron chi connectivity index (χ2n) is 10.1. The van der Waals surface area contributed by atoms with Crippen LogP contribution in [0.5, 0.6) is 0 Å². The van der Waals surface area contributed by atoms with Gasteiger partial charge in [0.25, 0.3) is 0 Å². The Balaban J connectivity index is 1.75. The zero-order valence-corrected chi connectivity index (χ0v) is 15.7. The van der Waals surface area contributed by atoms with Crippen LogP contribution in [-0.4, -0.2) is 18.9 Å². The third-order valence-electron chi connectivity index (χ3n) is 9.07. The van der Waals surface area contributed by atoms with E-state index in [-0.39, 0.29) is 22.2 Å². The summed E-state index contributed by atoms with van der Waals surface area (Å²) in [5.41, 5.74) is 0.0504. The maximum atomic E-state index is 12.9. The Morgan fingerprint density at radius 2 is 1.79 bits per heavy atom. The molecule has 0 heterocycles. The molecule has 0 aliphatic heterocycles. The van der Waals surface area contributed by atoms with Crippen molar-refractivity contribution in [2.24, 2.45) is 33.5 Å². The highest BCUT2D eigenvalue weighted by Crippen LogP contribution is 2.73. The molecule has 4 saturated carbocycles. The predicted molar refractivity (Wildman–Crippen MR) is 92.3 cm³/mol. The maximum absolute atomic E-state index is 12.9. The van der Waals surface area contributed by atoms with Crippen LogP contribution in [0.15, 0.2) is 0 Å². The van der Waals surface area contributed by atoms with E-state index in [1.807, 2.05) is 0 Å². The fourth-order valence-electron chi connectivity index (χ4n) is 7.87. The van der Waals surface area contributed by atoms with Crippen LogP contribution in [0, 0.1) is 33.5 Å². The van der Waals surface area contributed by atoms with Gasteiger partial charge in [-0.15, -0.1) is 0 Å². The van der Waals surface area contributed by atoms with Crippen molar-refractivity contribution < 1.29 is 14.3 Å². The summed E-state index contributed by atoms with van der Waals surface area (Å²) in [7, 11) is 1.52. The molecule has 0 unspecified atom stereocenters. The molecule has 0 aromatic rings. The van der Waals surface area contributed by atoms with Gasteiger partial charge in [0.05, 0.1) is 12.5 Å². The van der Waals surface area contributed by atoms with Gasteiger partial charge in [-0.3, -0.25) is 9.59 Å². The maximum Gasteiger partial charge on any atom is 0.311 e. The van der Waals surface area contributed by atoms with Crippen LogP contribution in [0.1, 0.15) is 78.6 Å². The second kappa shape index (κ2) is 4.86. The summed E-state index contributed by atoms with van der Waals surface area (Å²) in [4.78, 5) is 25.5. The predicted octanol–water partition coefficient (Wildman–Crippen LogP) is 4.53. The lowest BCUT2D eigenvalue weighted by Crippen LogP contribution is -2.59. The average molecular weight is 332 g/mol. The third-order valence-corrected chi connectivity index (χ3v) is 9.07. The lowest BCUT2D eigenvalue weighted by atomic mass is 9.40. The fraction of sp³-hybridized carbons (Fsp3) is 0.905. The summed E-state index contributed by atoms with van der Waals surface area (Å²) in [5, 5.41) is 0. The molecule has 0 aromatic heterocycles. The van der Waals surface area contributed by atoms with E-state index in [4.69, 9.17) is 4.74 Å². The molecule has 3 heteroatoms. The van der Waals surface area contributed by atoms with Crippen molar-refractivity contribution in [3.8, 4) is 0 Å². The standard InChI is InChI=1S/C21H32O3/c1-18-10-11-21(13-18)9-6-14-19(2,15(21)12-16(18)22)7-5-8-20(14,3)17(23)24-4/h14-15H,5-13H2,1-4H3/t14-,15-,18+,19+,20+,21-/m1/s1. The molecule has 0 aromatic carbocycles. The number of carbonyl (C=O) groups excluding carboxylic acids is 2. The van der Waals surface area contributed by atoms with Crippen LogP contribution in [0.2, 0.25) is 0 Å². The van der Waals surface area contributed by atoms with E-state index in [9.17, 15) is 9.59 Å². The van der Waals surface area contributed by atoms with Gasteiger partial charge in [0.2, 0.25) is 0 Å². The van der Waals surface area contributed by atoms with Crippen LogP contribution in [0.4, 0.5) is 0 Å². The lowest BCUT2D eigenvalue weighted by molar-refractivity contribution is -0.186. The molecule has 0 N–H and O–H groups in total. The van der Waals surface area contributed by atoms with E-state index in [1.54, 1.807) is 0 Å². The molecule has 3 nitrogen and oxygen atoms in total. The first-order valence-corrected chi connectivity index (χ1v) is 9.82. The summed E-state index contributed by atoms with van der Waals surface area (Å²) >= 11 is 0. The number of carbonyl (C=O) groups is 2. The van der Waals surface area contributed by atoms with Crippen LogP contribution in [-0.2, 0) is 14.3 Å². The summed E-state index contributed by atoms with van der Waals surface area (Å²) in [6, 6.07) is 0. The highest BCUT2D eigenvalue weighted by atomic mass is 16.5. The van der Waals surface area contributed by atoms with Gasteiger partial charge in [-0.25, -0.2) is 0 Å². The molecule has 2 bridgehead atoms. The minimum absolute atomic E-state index is 0.0345. The van der Waals surface area contributed by atoms with Gasteiger partial charge in [-0.1, -0.05) is 20.3 Å². The molecule has 0 amide bonds. The van der Waals surface area contributed by atoms with Gasteiger partial charge in [-0.2, -0.15) is 0 Å². The van der Waals surface area contributed by atoms with E-state index >= 15 is 0 Å². The molecule has 1 spiro atoms. The zero-order valence-electron chi connectivity index (χ0n) is 15.7. The molecule has 24 heavy (non-hydrogen) atoms. The first kappa shape index (κ1) is 16.6. The van der Waals surface area contributed by atoms with E-state index in [2.05, 4.69) is 20.8 Å². The Kier molecular flexibility index (Phi) is 3.36. The summed E-state index contributed by atoms with van der Waals surface area (Å²) < 4.78 is 5.21. The molecule has 0 radical (unpaired) electrons. The highest BCUT2D eigenvalue weighted by molar-refractivity contribution is 5.86. The van der Waals surface area contributed by atoms with Crippen molar-refractivity contribution in [2.75, 3.05) is 7.11 Å². The largest absolute Gasteiger partial charge is 0.469 e. The van der Waals surface area contributed by atoms with Crippen LogP contribution in [0.25, 0.3) is 0 Å². The van der Waals surface area contributed by atoms with Crippen LogP contribution >= 0.6 is 0 Å². The Labute approximate surface area is 145 Å². The Morgan fingerprint density at radius 1 is 1.04 bits per heavy atom. The number of ether oxygens (including phenoxy) is 1. The molecule has 4 aliphatic carbocycles. The number of hydrogen-bond acceptors (Lipinski definition) is 3. The van der Waals surface area contributed by atoms with Crippen molar-refractivity contribution in [1.29, 1.82) is 0 Å². The van der Waals surface area contributed by atoms with Crippen molar-refractivity contribution in [3.05, 3.63) is 0 Å². The topological polar surface area (TPSA) is 43.4 Å². The van der Waals surface area contributed by atoms with Crippen LogP contribution in [0.3, 0.4) is 0 Å². The first-order chi connectivity index (χ1) is 11.2. The molecule has 6 atom stereocenters. The van der Waals surface area contributed by atoms with Gasteiger partial charge in [0, 0.05) is 11.8 Å². The van der Waals surface area contributed by atoms with E-state index in [1.165, 1.54) is 26.4 Å². The number of Topliss-reactive ketones (excluding diaryl/α,β-unsaturated/α-hetero) is 1. The smallest absolute Gasteiger partial charge is 0.311 e. The first-order valence-electron chi connectivity index (χ1n) is 9.82. The minimum atomic E-state index is -0.369. The Bertz CT molecular complexity index is 598. The number of fused-ring (bicyclic) bond motifs is 3. The number of esters is 1. The molecule has 0 saturated heterocycles. The van der Waals surface area contributed by atoms with E-state index in [0.29, 0.717) is 23.0 Å². The van der Waals surface area contributed by atoms with Gasteiger partial charge < -0.3 is 4.74 Å². The fourth-order valence-corrected chi connectivity index (χ4v) is 7.87. The summed E-state index contributed by atoms with van der Waals surface area (Å²) in [5.74, 6) is 1.29. The van der Waals surface area contributed by atoms with E-state index < -0.39 is 0 Å². The zero-order chi connectivity index (χ0) is 17.4. The molecule has 4 aliphatic rings. The summed E-state index contributed by atoms with van der Waals surface area (Å²) in [6.07, 6.45) is 9.66. The normalized spacial score (nSPS) is 53.2. The van der Waals surface area contributed by atoms with Gasteiger partial charge >= 0.3 is 5.97 Å². The average Bonchev–Trinajstić information content (AvgIpc) is 2.83. The Hall–Kier alpha value is -0.860. The SMILES string of the molecule is COC(=O)[C@@]1(C)CCC[C@@]2(C)[C@H]1CC[C@@]13CC[C@@](C)(C1)C(=O)C[C@@H]32. The van der Waals surface area contributed by atoms with Crippen molar-refractivity contribution in [1.82, 2.24) is 0 Å². The lowest BCUT2D eigenvalue weighted by Gasteiger charge is -2.63. The summed E-state index contributed by atoms with van der Waals surface area (Å²) in [6.45, 7) is 6.73. The number of ketones is 1. The van der Waals surface area contributed by atoms with Gasteiger partial charge in [-0.05, 0) is 74.5 Å². The molecule has 134 valence electrons. The number of hydrogen-bond donors (Lipinski definition) is 0. The molecular weight excluding hydrogens is 300 g/mol. The number of rotatable bonds is 1. The minimum Gasteiger partial charge on any atom is -0.469 e. The van der Waals surface area contributed by atoms with Gasteiger partial charge in [0.15, 0.2) is 0 Å². The Morgan fingerprint density at radius 3 is 2.50 bits per heavy atom. The van der Waals surface area contributed by atoms with Gasteiger partial charge in [0.1, 0.15) is 5.78 Å². The highest BCUT2D eigenvalue weighted by Gasteiger charge is 2.68. The third kappa shape index (κ3) is 1.85. The quantitative estimate of drug-likeness (QED) is 0.663. The monoisotopic (exact) mass is 332 g/mol. The van der Waals surface area contributed by atoms with E-state index in [0.717, 1.165) is 38.5 Å². The molecule has 4 fully saturated rings. The molecule has 4 rings (SSSR count). The molecular formula is C21H32O3. The van der Waals surface area contributed by atoms with Crippen LogP contribution < -0.4 is 0 Å². The second-order valence-corrected chi connectivity index (χ2v) is 10.1. The van der Waals surface area contributed by atoms with Crippen molar-refractivity contribution in [2.45, 2.75) is 78.6 Å².